The number of rotatable bonds is 5. The maximum atomic E-state index is 5.34. The smallest absolute Gasteiger partial charge is 0.164 e. The first-order valence-electron chi connectivity index (χ1n) is 18.1. The highest BCUT2D eigenvalue weighted by molar-refractivity contribution is 5.80. The molecule has 51 heavy (non-hydrogen) atoms. The van der Waals surface area contributed by atoms with Crippen molar-refractivity contribution in [3.05, 3.63) is 191 Å². The zero-order valence-electron chi connectivity index (χ0n) is 30.4. The molecule has 3 nitrogen and oxygen atoms in total. The zero-order chi connectivity index (χ0) is 35.4. The van der Waals surface area contributed by atoms with Crippen LogP contribution in [-0.2, 0) is 10.8 Å². The summed E-state index contributed by atoms with van der Waals surface area (Å²) in [7, 11) is 0. The largest absolute Gasteiger partial charge is 0.208 e. The lowest BCUT2D eigenvalue weighted by molar-refractivity contribution is 0.437. The normalized spacial score (nSPS) is 18.0. The van der Waals surface area contributed by atoms with E-state index >= 15 is 0 Å². The van der Waals surface area contributed by atoms with E-state index in [1.165, 1.54) is 33.4 Å². The van der Waals surface area contributed by atoms with Crippen LogP contribution in [0.3, 0.4) is 0 Å². The summed E-state index contributed by atoms with van der Waals surface area (Å²) >= 11 is 0. The van der Waals surface area contributed by atoms with Crippen molar-refractivity contribution in [2.24, 2.45) is 11.3 Å². The molecule has 0 saturated carbocycles. The molecule has 252 valence electrons. The maximum Gasteiger partial charge on any atom is 0.164 e. The fourth-order valence-corrected chi connectivity index (χ4v) is 8.21. The molecule has 2 aliphatic carbocycles. The molecule has 0 saturated heterocycles. The van der Waals surface area contributed by atoms with E-state index in [4.69, 9.17) is 15.0 Å². The molecule has 2 aliphatic rings. The highest BCUT2D eigenvalue weighted by Crippen LogP contribution is 2.64. The molecule has 0 aliphatic heterocycles. The van der Waals surface area contributed by atoms with Crippen molar-refractivity contribution in [2.75, 3.05) is 0 Å². The molecule has 0 fully saturated rings. The summed E-state index contributed by atoms with van der Waals surface area (Å²) in [4.78, 5) is 15.7. The number of nitrogens with zero attached hydrogens (tertiary/aromatic N) is 3. The van der Waals surface area contributed by atoms with Gasteiger partial charge in [-0.15, -0.1) is 0 Å². The first kappa shape index (κ1) is 32.8. The topological polar surface area (TPSA) is 38.7 Å². The average Bonchev–Trinajstić information content (AvgIpc) is 3.45. The number of hydrogen-bond acceptors (Lipinski definition) is 3. The molecule has 3 heteroatoms. The van der Waals surface area contributed by atoms with E-state index in [1.54, 1.807) is 0 Å². The molecule has 2 atom stereocenters. The molecule has 0 bridgehead atoms. The van der Waals surface area contributed by atoms with Gasteiger partial charge in [0.2, 0.25) is 0 Å². The van der Waals surface area contributed by atoms with Gasteiger partial charge >= 0.3 is 0 Å². The molecule has 6 aromatic rings. The van der Waals surface area contributed by atoms with Gasteiger partial charge in [0.15, 0.2) is 17.5 Å². The van der Waals surface area contributed by atoms with Crippen molar-refractivity contribution in [2.45, 2.75) is 58.3 Å². The lowest BCUT2D eigenvalue weighted by atomic mass is 9.60. The summed E-state index contributed by atoms with van der Waals surface area (Å²) in [6.07, 6.45) is 4.98. The van der Waals surface area contributed by atoms with Crippen molar-refractivity contribution in [3.63, 3.8) is 0 Å². The highest BCUT2D eigenvalue weighted by atomic mass is 15.0. The Kier molecular flexibility index (Phi) is 7.98. The quantitative estimate of drug-likeness (QED) is 0.184. The summed E-state index contributed by atoms with van der Waals surface area (Å²) < 4.78 is 0. The van der Waals surface area contributed by atoms with Crippen LogP contribution in [0.2, 0.25) is 0 Å². The zero-order valence-corrected chi connectivity index (χ0v) is 30.4. The summed E-state index contributed by atoms with van der Waals surface area (Å²) in [5.41, 5.74) is 10.4. The standard InChI is InChI=1S/C48H45N3/c1-46(2,3)36-27-28-38-40(30-36)48(34-23-15-9-16-24-34,35-25-17-10-18-26-35)41-31-37(47(4,5)6)29-39(42(38)41)45-50-43(32-19-11-7-12-20-32)49-44(51-45)33-21-13-8-14-22-33/h7-31,41-42H,1-6H3. The second-order valence-corrected chi connectivity index (χ2v) is 16.1. The van der Waals surface area contributed by atoms with E-state index in [0.29, 0.717) is 11.6 Å². The summed E-state index contributed by atoms with van der Waals surface area (Å²) in [6.45, 7) is 13.9. The Morgan fingerprint density at radius 1 is 0.510 bits per heavy atom. The van der Waals surface area contributed by atoms with Crippen LogP contribution >= 0.6 is 0 Å². The fraction of sp³-hybridized carbons (Fsp3) is 0.229. The van der Waals surface area contributed by atoms with Gasteiger partial charge in [-0.25, -0.2) is 15.0 Å². The molecular weight excluding hydrogens is 619 g/mol. The third-order valence-corrected chi connectivity index (χ3v) is 10.8. The van der Waals surface area contributed by atoms with Gasteiger partial charge in [0.05, 0.1) is 5.41 Å². The Morgan fingerprint density at radius 2 is 0.980 bits per heavy atom. The average molecular weight is 664 g/mol. The molecule has 8 rings (SSSR count). The van der Waals surface area contributed by atoms with Gasteiger partial charge in [-0.1, -0.05) is 193 Å². The van der Waals surface area contributed by atoms with E-state index in [-0.39, 0.29) is 22.7 Å². The van der Waals surface area contributed by atoms with Crippen LogP contribution in [0.15, 0.2) is 157 Å². The van der Waals surface area contributed by atoms with Crippen LogP contribution < -0.4 is 0 Å². The Morgan fingerprint density at radius 3 is 1.45 bits per heavy atom. The van der Waals surface area contributed by atoms with Crippen LogP contribution in [0, 0.1) is 11.3 Å². The molecule has 2 unspecified atom stereocenters. The first-order chi connectivity index (χ1) is 24.5. The number of hydrogen-bond donors (Lipinski definition) is 0. The molecule has 0 N–H and O–H groups in total. The minimum absolute atomic E-state index is 0.00942. The van der Waals surface area contributed by atoms with Gasteiger partial charge in [0, 0.05) is 28.5 Å². The van der Waals surface area contributed by atoms with Crippen molar-refractivity contribution in [3.8, 4) is 22.8 Å². The predicted molar refractivity (Wildman–Crippen MR) is 210 cm³/mol. The van der Waals surface area contributed by atoms with E-state index in [1.807, 2.05) is 36.4 Å². The van der Waals surface area contributed by atoms with Crippen LogP contribution in [0.4, 0.5) is 0 Å². The summed E-state index contributed by atoms with van der Waals surface area (Å²) in [5, 5.41) is 0. The van der Waals surface area contributed by atoms with Crippen molar-refractivity contribution in [1.29, 1.82) is 0 Å². The van der Waals surface area contributed by atoms with Crippen LogP contribution in [-0.4, -0.2) is 15.0 Å². The summed E-state index contributed by atoms with van der Waals surface area (Å²) in [5.74, 6) is 2.18. The van der Waals surface area contributed by atoms with Gasteiger partial charge < -0.3 is 0 Å². The second kappa shape index (κ2) is 12.4. The van der Waals surface area contributed by atoms with Gasteiger partial charge in [-0.3, -0.25) is 0 Å². The Balaban J connectivity index is 1.47. The van der Waals surface area contributed by atoms with Crippen molar-refractivity contribution >= 4 is 5.57 Å². The lowest BCUT2D eigenvalue weighted by Crippen LogP contribution is -2.37. The molecule has 0 spiro atoms. The molecule has 0 radical (unpaired) electrons. The minimum Gasteiger partial charge on any atom is -0.208 e. The molecule has 0 amide bonds. The van der Waals surface area contributed by atoms with E-state index in [9.17, 15) is 0 Å². The van der Waals surface area contributed by atoms with Gasteiger partial charge in [0.1, 0.15) is 0 Å². The SMILES string of the molecule is CC(C)(C)C1=CC2C(C(c3nc(-c4ccccc4)nc(-c4ccccc4)n3)=C1)c1ccc(C(C)(C)C)cc1C2(c1ccccc1)c1ccccc1. The van der Waals surface area contributed by atoms with Crippen LogP contribution in [0.25, 0.3) is 28.3 Å². The lowest BCUT2D eigenvalue weighted by Gasteiger charge is -2.42. The number of benzene rings is 5. The van der Waals surface area contributed by atoms with Crippen LogP contribution in [0.1, 0.15) is 81.1 Å². The monoisotopic (exact) mass is 663 g/mol. The second-order valence-electron chi connectivity index (χ2n) is 16.1. The van der Waals surface area contributed by atoms with E-state index in [0.717, 1.165) is 22.5 Å². The van der Waals surface area contributed by atoms with Gasteiger partial charge in [-0.05, 0) is 44.2 Å². The van der Waals surface area contributed by atoms with E-state index in [2.05, 4.69) is 157 Å². The Labute approximate surface area is 302 Å². The summed E-state index contributed by atoms with van der Waals surface area (Å²) in [6, 6.07) is 50.2. The molecule has 1 aromatic heterocycles. The maximum absolute atomic E-state index is 5.34. The highest BCUT2D eigenvalue weighted by Gasteiger charge is 2.56. The third kappa shape index (κ3) is 5.66. The third-order valence-electron chi connectivity index (χ3n) is 10.8. The minimum atomic E-state index is -0.447. The number of allylic oxidation sites excluding steroid dienone is 4. The van der Waals surface area contributed by atoms with Crippen molar-refractivity contribution < 1.29 is 0 Å². The van der Waals surface area contributed by atoms with Gasteiger partial charge in [0.25, 0.3) is 0 Å². The Bertz CT molecular complexity index is 2160. The van der Waals surface area contributed by atoms with Crippen LogP contribution in [0.5, 0.6) is 0 Å². The molecule has 5 aromatic carbocycles. The molecular formula is C48H45N3. The van der Waals surface area contributed by atoms with Crippen molar-refractivity contribution in [1.82, 2.24) is 15.0 Å². The first-order valence-corrected chi connectivity index (χ1v) is 18.1. The Hall–Kier alpha value is -5.41. The fourth-order valence-electron chi connectivity index (χ4n) is 8.21. The molecule has 1 heterocycles. The van der Waals surface area contributed by atoms with E-state index < -0.39 is 5.41 Å². The number of aromatic nitrogens is 3. The number of fused-ring (bicyclic) bond motifs is 3. The predicted octanol–water partition coefficient (Wildman–Crippen LogP) is 11.6. The van der Waals surface area contributed by atoms with Gasteiger partial charge in [-0.2, -0.15) is 0 Å².